The van der Waals surface area contributed by atoms with Gasteiger partial charge in [-0.05, 0) is 6.92 Å². The molecule has 0 aliphatic carbocycles. The minimum absolute atomic E-state index is 0.383. The van der Waals surface area contributed by atoms with Crippen LogP contribution in [0.1, 0.15) is 6.92 Å². The first-order valence-electron chi connectivity index (χ1n) is 2.14. The molecule has 0 saturated heterocycles. The highest BCUT2D eigenvalue weighted by atomic mass is 16.5. The summed E-state index contributed by atoms with van der Waals surface area (Å²) in [6.45, 7) is 3.62. The van der Waals surface area contributed by atoms with Gasteiger partial charge >= 0.3 is 0 Å². The molecule has 0 spiro atoms. The lowest BCUT2D eigenvalue weighted by Crippen LogP contribution is -1.93. The minimum Gasteiger partial charge on any atom is -0.676 e. The maximum Gasteiger partial charge on any atom is 0.0436 e. The molecule has 0 fully saturated rings. The van der Waals surface area contributed by atoms with Crippen LogP contribution >= 0.6 is 0 Å². The summed E-state index contributed by atoms with van der Waals surface area (Å²) in [7, 11) is 0. The van der Waals surface area contributed by atoms with E-state index in [0.29, 0.717) is 13.2 Å². The van der Waals surface area contributed by atoms with E-state index in [4.69, 9.17) is 10.5 Å². The molecule has 0 amide bonds. The van der Waals surface area contributed by atoms with Crippen molar-refractivity contribution in [2.75, 3.05) is 19.8 Å². The quantitative estimate of drug-likeness (QED) is 0.475. The highest BCUT2D eigenvalue weighted by molar-refractivity contribution is 4.45. The van der Waals surface area contributed by atoms with Gasteiger partial charge in [0.25, 0.3) is 0 Å². The molecular weight excluding hydrogens is 78.0 g/mol. The third-order valence-electron chi connectivity index (χ3n) is 0.451. The normalized spacial score (nSPS) is 9.00. The van der Waals surface area contributed by atoms with Crippen LogP contribution in [0.25, 0.3) is 5.73 Å². The minimum atomic E-state index is 0.383. The number of hydrogen-bond acceptors (Lipinski definition) is 1. The van der Waals surface area contributed by atoms with E-state index in [9.17, 15) is 0 Å². The average Bonchev–Trinajstić information content (AvgIpc) is 1.61. The van der Waals surface area contributed by atoms with Crippen molar-refractivity contribution in [1.29, 1.82) is 0 Å². The van der Waals surface area contributed by atoms with Gasteiger partial charge in [0.1, 0.15) is 0 Å². The van der Waals surface area contributed by atoms with Gasteiger partial charge in [0, 0.05) is 13.2 Å². The lowest BCUT2D eigenvalue weighted by molar-refractivity contribution is 0.160. The van der Waals surface area contributed by atoms with E-state index in [2.05, 4.69) is 0 Å². The van der Waals surface area contributed by atoms with E-state index in [0.717, 1.165) is 6.61 Å². The predicted molar refractivity (Wildman–Crippen MR) is 25.7 cm³/mol. The highest BCUT2D eigenvalue weighted by Crippen LogP contribution is 1.69. The Morgan fingerprint density at radius 3 is 2.50 bits per heavy atom. The van der Waals surface area contributed by atoms with Gasteiger partial charge < -0.3 is 10.5 Å². The molecule has 0 aliphatic heterocycles. The van der Waals surface area contributed by atoms with Crippen molar-refractivity contribution >= 4 is 0 Å². The fourth-order valence-electron chi connectivity index (χ4n) is 0.217. The first kappa shape index (κ1) is 5.92. The standard InChI is InChI=1S/C4H10NO/c1-2-6-4-3-5/h5H,2-4H2,1H3/q-1. The Labute approximate surface area is 38.3 Å². The second-order valence-corrected chi connectivity index (χ2v) is 0.947. The maximum atomic E-state index is 6.58. The van der Waals surface area contributed by atoms with Crippen molar-refractivity contribution < 1.29 is 4.74 Å². The van der Waals surface area contributed by atoms with Gasteiger partial charge in [-0.3, -0.25) is 0 Å². The Balaban J connectivity index is 2.34. The monoisotopic (exact) mass is 88.1 g/mol. The molecule has 0 aromatic heterocycles. The molecule has 0 radical (unpaired) electrons. The zero-order valence-corrected chi connectivity index (χ0v) is 4.03. The molecule has 0 unspecified atom stereocenters. The van der Waals surface area contributed by atoms with Crippen LogP contribution in [0, 0.1) is 0 Å². The van der Waals surface area contributed by atoms with Crippen molar-refractivity contribution in [3.63, 3.8) is 0 Å². The number of nitrogens with one attached hydrogen (secondary N) is 1. The van der Waals surface area contributed by atoms with Crippen molar-refractivity contribution in [1.82, 2.24) is 0 Å². The van der Waals surface area contributed by atoms with Gasteiger partial charge in [-0.1, -0.05) is 0 Å². The van der Waals surface area contributed by atoms with Crippen LogP contribution in [-0.2, 0) is 4.74 Å². The van der Waals surface area contributed by atoms with Crippen LogP contribution in [0.3, 0.4) is 0 Å². The summed E-state index contributed by atoms with van der Waals surface area (Å²) in [5, 5.41) is 0. The van der Waals surface area contributed by atoms with Crippen LogP contribution in [-0.4, -0.2) is 19.8 Å². The van der Waals surface area contributed by atoms with Crippen LogP contribution in [0.2, 0.25) is 0 Å². The predicted octanol–water partition coefficient (Wildman–Crippen LogP) is 1.08. The summed E-state index contributed by atoms with van der Waals surface area (Å²) in [4.78, 5) is 0. The molecule has 2 heteroatoms. The van der Waals surface area contributed by atoms with Crippen LogP contribution in [0.5, 0.6) is 0 Å². The lowest BCUT2D eigenvalue weighted by atomic mass is 10.7. The molecule has 0 heterocycles. The fourth-order valence-corrected chi connectivity index (χ4v) is 0.217. The molecule has 0 saturated carbocycles. The van der Waals surface area contributed by atoms with Gasteiger partial charge in [0.05, 0.1) is 0 Å². The summed E-state index contributed by atoms with van der Waals surface area (Å²) >= 11 is 0. The van der Waals surface area contributed by atoms with Gasteiger partial charge in [-0.2, -0.15) is 0 Å². The van der Waals surface area contributed by atoms with E-state index in [1.165, 1.54) is 0 Å². The van der Waals surface area contributed by atoms with E-state index in [-0.39, 0.29) is 0 Å². The second-order valence-electron chi connectivity index (χ2n) is 0.947. The second kappa shape index (κ2) is 4.92. The van der Waals surface area contributed by atoms with Gasteiger partial charge in [0.2, 0.25) is 0 Å². The van der Waals surface area contributed by atoms with Crippen molar-refractivity contribution in [2.24, 2.45) is 0 Å². The molecule has 0 aromatic rings. The van der Waals surface area contributed by atoms with E-state index in [1.807, 2.05) is 6.92 Å². The maximum absolute atomic E-state index is 6.58. The smallest absolute Gasteiger partial charge is 0.0436 e. The van der Waals surface area contributed by atoms with E-state index < -0.39 is 0 Å². The summed E-state index contributed by atoms with van der Waals surface area (Å²) in [6, 6.07) is 0. The molecular formula is C4H10NO-. The van der Waals surface area contributed by atoms with Gasteiger partial charge in [0.15, 0.2) is 0 Å². The largest absolute Gasteiger partial charge is 0.676 e. The average molecular weight is 88.1 g/mol. The summed E-state index contributed by atoms with van der Waals surface area (Å²) in [5.41, 5.74) is 6.58. The lowest BCUT2D eigenvalue weighted by Gasteiger charge is -1.98. The topological polar surface area (TPSA) is 33.0 Å². The molecule has 38 valence electrons. The van der Waals surface area contributed by atoms with Crippen LogP contribution in [0.4, 0.5) is 0 Å². The Morgan fingerprint density at radius 2 is 2.33 bits per heavy atom. The molecule has 6 heavy (non-hydrogen) atoms. The Kier molecular flexibility index (Phi) is 4.85. The van der Waals surface area contributed by atoms with Crippen molar-refractivity contribution in [3.05, 3.63) is 5.73 Å². The number of hydrogen-bond donors (Lipinski definition) is 0. The van der Waals surface area contributed by atoms with E-state index >= 15 is 0 Å². The Hall–Kier alpha value is -0.0800. The number of ether oxygens (including phenoxy) is 1. The van der Waals surface area contributed by atoms with Gasteiger partial charge in [-0.15, -0.1) is 6.54 Å². The molecule has 0 aromatic carbocycles. The SMILES string of the molecule is CCOCC[NH-]. The van der Waals surface area contributed by atoms with Crippen molar-refractivity contribution in [3.8, 4) is 0 Å². The molecule has 0 bridgehead atoms. The Morgan fingerprint density at radius 1 is 1.67 bits per heavy atom. The molecule has 0 rings (SSSR count). The molecule has 2 nitrogen and oxygen atoms in total. The van der Waals surface area contributed by atoms with Crippen molar-refractivity contribution in [2.45, 2.75) is 6.92 Å². The first-order chi connectivity index (χ1) is 2.91. The highest BCUT2D eigenvalue weighted by Gasteiger charge is 1.67. The molecule has 1 N–H and O–H groups in total. The van der Waals surface area contributed by atoms with E-state index in [1.54, 1.807) is 0 Å². The number of rotatable bonds is 3. The zero-order chi connectivity index (χ0) is 4.83. The third-order valence-corrected chi connectivity index (χ3v) is 0.451. The zero-order valence-electron chi connectivity index (χ0n) is 4.03. The van der Waals surface area contributed by atoms with Crippen LogP contribution in [0.15, 0.2) is 0 Å². The summed E-state index contributed by atoms with van der Waals surface area (Å²) in [6.07, 6.45) is 0. The molecule has 0 aliphatic rings. The molecule has 0 atom stereocenters. The van der Waals surface area contributed by atoms with Gasteiger partial charge in [-0.25, -0.2) is 0 Å². The summed E-state index contributed by atoms with van der Waals surface area (Å²) < 4.78 is 4.80. The first-order valence-corrected chi connectivity index (χ1v) is 2.14. The Bertz CT molecular complexity index is 19.5. The van der Waals surface area contributed by atoms with Crippen LogP contribution < -0.4 is 0 Å². The third kappa shape index (κ3) is 3.92. The fraction of sp³-hybridized carbons (Fsp3) is 1.00. The summed E-state index contributed by atoms with van der Waals surface area (Å²) in [5.74, 6) is 0.